The number of rotatable bonds is 24. The molecule has 650 valence electrons. The molecular formula is C105H89Br2N4O15S3+. The van der Waals surface area contributed by atoms with Gasteiger partial charge in [-0.1, -0.05) is 258 Å². The van der Waals surface area contributed by atoms with Crippen LogP contribution in [0, 0.1) is 5.92 Å². The molecule has 0 aliphatic carbocycles. The maximum absolute atomic E-state index is 12.2. The molecule has 19 nitrogen and oxygen atoms in total. The van der Waals surface area contributed by atoms with Gasteiger partial charge in [0, 0.05) is 74.1 Å². The number of ether oxygens (including phenoxy) is 3. The second-order valence-corrected chi connectivity index (χ2v) is 37.6. The first kappa shape index (κ1) is 87.9. The maximum Gasteiger partial charge on any atom is 0.374 e. The fraction of sp³-hybridized carbons (Fsp3) is 0.133. The largest absolute Gasteiger partial charge is 0.461 e. The molecule has 3 aromatic heterocycles. The van der Waals surface area contributed by atoms with Crippen molar-refractivity contribution in [1.29, 1.82) is 0 Å². The van der Waals surface area contributed by atoms with Crippen LogP contribution in [0.25, 0.3) is 112 Å². The van der Waals surface area contributed by atoms with Crippen molar-refractivity contribution in [1.82, 2.24) is 0 Å². The van der Waals surface area contributed by atoms with Crippen LogP contribution in [-0.4, -0.2) is 57.9 Å². The smallest absolute Gasteiger partial charge is 0.374 e. The Bertz CT molecular complexity index is 7360. The summed E-state index contributed by atoms with van der Waals surface area (Å²) in [5.74, 6) is 3.33. The van der Waals surface area contributed by atoms with Crippen molar-refractivity contribution in [3.8, 4) is 84.0 Å². The van der Waals surface area contributed by atoms with Crippen LogP contribution in [0.15, 0.2) is 367 Å². The maximum atomic E-state index is 12.2. The Labute approximate surface area is 765 Å². The fourth-order valence-electron chi connectivity index (χ4n) is 16.4. The van der Waals surface area contributed by atoms with Crippen molar-refractivity contribution in [3.05, 3.63) is 388 Å². The molecule has 0 fully saturated rings. The van der Waals surface area contributed by atoms with Gasteiger partial charge in [-0.15, -0.1) is 0 Å². The molecule has 0 saturated carbocycles. The highest BCUT2D eigenvalue weighted by Crippen LogP contribution is 2.47. The molecule has 16 aromatic rings. The Morgan fingerprint density at radius 2 is 0.798 bits per heavy atom. The molecule has 0 radical (unpaired) electrons. The van der Waals surface area contributed by atoms with Crippen LogP contribution >= 0.6 is 31.9 Å². The summed E-state index contributed by atoms with van der Waals surface area (Å²) in [6.45, 7) is 10.1. The van der Waals surface area contributed by atoms with Crippen LogP contribution in [0.5, 0.6) is 17.2 Å². The molecule has 3 N–H and O–H groups in total. The third-order valence-electron chi connectivity index (χ3n) is 22.8. The van der Waals surface area contributed by atoms with Gasteiger partial charge >= 0.3 is 5.89 Å². The molecule has 0 saturated heterocycles. The predicted molar refractivity (Wildman–Crippen MR) is 519 cm³/mol. The van der Waals surface area contributed by atoms with Gasteiger partial charge in [0.15, 0.2) is 35.6 Å². The van der Waals surface area contributed by atoms with E-state index in [-0.39, 0.29) is 5.92 Å². The summed E-state index contributed by atoms with van der Waals surface area (Å²) in [5, 5.41) is 1.31. The van der Waals surface area contributed by atoms with Crippen molar-refractivity contribution in [2.75, 3.05) is 33.7 Å². The van der Waals surface area contributed by atoms with Gasteiger partial charge in [0.05, 0.1) is 23.1 Å². The third-order valence-corrected chi connectivity index (χ3v) is 25.7. The minimum Gasteiger partial charge on any atom is -0.461 e. The Kier molecular flexibility index (Phi) is 25.9. The van der Waals surface area contributed by atoms with Gasteiger partial charge in [-0.3, -0.25) is 18.6 Å². The van der Waals surface area contributed by atoms with Crippen molar-refractivity contribution >= 4 is 124 Å². The number of furan rings is 2. The van der Waals surface area contributed by atoms with E-state index in [1.807, 2.05) is 261 Å². The van der Waals surface area contributed by atoms with Gasteiger partial charge in [-0.05, 0) is 202 Å². The first-order valence-electron chi connectivity index (χ1n) is 42.2. The van der Waals surface area contributed by atoms with E-state index in [2.05, 4.69) is 140 Å². The predicted octanol–water partition coefficient (Wildman–Crippen LogP) is 25.9. The van der Waals surface area contributed by atoms with Crippen LogP contribution in [0.1, 0.15) is 74.6 Å². The summed E-state index contributed by atoms with van der Waals surface area (Å²) in [4.78, 5) is 5.66. The average Bonchev–Trinajstić information content (AvgIpc) is 1.64. The van der Waals surface area contributed by atoms with Crippen molar-refractivity contribution in [2.24, 2.45) is 5.92 Å². The van der Waals surface area contributed by atoms with Gasteiger partial charge < -0.3 is 37.3 Å². The molecule has 0 amide bonds. The minimum atomic E-state index is -4.38. The molecule has 13 aromatic carbocycles. The highest BCUT2D eigenvalue weighted by atomic mass is 79.9. The van der Waals surface area contributed by atoms with Gasteiger partial charge in [-0.2, -0.15) is 29.8 Å². The number of allylic oxidation sites excluding steroid dienone is 3. The van der Waals surface area contributed by atoms with E-state index in [0.717, 1.165) is 134 Å². The normalized spacial score (nSPS) is 14.3. The lowest BCUT2D eigenvalue weighted by atomic mass is 9.97. The van der Waals surface area contributed by atoms with E-state index in [1.54, 1.807) is 6.08 Å². The molecular weight excluding hydrogens is 1810 g/mol. The zero-order valence-corrected chi connectivity index (χ0v) is 76.3. The van der Waals surface area contributed by atoms with E-state index in [4.69, 9.17) is 27.5 Å². The van der Waals surface area contributed by atoms with Gasteiger partial charge in [-0.25, -0.2) is 0 Å². The summed E-state index contributed by atoms with van der Waals surface area (Å²) < 4.78 is 144. The lowest BCUT2D eigenvalue weighted by Gasteiger charge is -2.18. The first-order valence-corrected chi connectivity index (χ1v) is 48.6. The van der Waals surface area contributed by atoms with Crippen molar-refractivity contribution in [3.63, 3.8) is 0 Å². The van der Waals surface area contributed by atoms with E-state index >= 15 is 0 Å². The van der Waals surface area contributed by atoms with Gasteiger partial charge in [0.2, 0.25) is 17.3 Å². The summed E-state index contributed by atoms with van der Waals surface area (Å²) in [7, 11) is -13.0. The Morgan fingerprint density at radius 3 is 1.26 bits per heavy atom. The number of nitrogens with zero attached hydrogens (tertiary/aromatic N) is 4. The topological polar surface area (TPSA) is 244 Å². The summed E-state index contributed by atoms with van der Waals surface area (Å²) in [5.41, 5.74) is 20.5. The highest BCUT2D eigenvalue weighted by Gasteiger charge is 2.34. The standard InChI is InChI=1S/C39H32N2O5S.C35H31Br2NO5S.C31H25NO5S/c1-2-28(23-39-41(27-47(42,43)44)35-25-33(19-21-37(35)46-39)31-16-10-5-11-17-31)22-38-40(26-29-12-6-3-7-13-29)34-24-32(18-20-36(34)45-38)30-14-8-4-9-15-30;1-3-22(18-35-38(4-2)31-20-26(10-16-33(31)43-35)24-7-13-28(37)14-8-24)17-34-30(21-44(39,40)41)29-19-25(9-15-32(29)42-34)23-5-11-27(36)12-6-23;1-2-32-27-18-24(22-11-7-4-8-12-22)14-16-29(27)37-31(32)19-30-26(20-38(33,34)35)25-17-23(13-15-28(25)36-30)21-9-5-3-6-10-21/h3-25H,2,26-27H2,1H3;5-16,18-20,22H,3-4,17,21H2,1-2H3,(H,39,40,41);3-19H,2,20H2,1H3,(H,33,34,35)/p+1/b;35-18+;. The van der Waals surface area contributed by atoms with Crippen LogP contribution in [-0.2, 0) is 54.8 Å². The number of anilines is 3. The number of hydrogen-bond donors (Lipinski definition) is 3. The van der Waals surface area contributed by atoms with Gasteiger partial charge in [0.25, 0.3) is 35.9 Å². The molecule has 3 aliphatic rings. The van der Waals surface area contributed by atoms with Crippen LogP contribution in [0.4, 0.5) is 17.1 Å². The quantitative estimate of drug-likeness (QED) is 0.0376. The first-order chi connectivity index (χ1) is 62.3. The fourth-order valence-corrected chi connectivity index (χ4v) is 18.8. The number of benzene rings is 13. The molecule has 1 unspecified atom stereocenters. The Morgan fingerprint density at radius 1 is 0.403 bits per heavy atom. The SMILES string of the molecule is CCC(/C=C1/Oc2ccc(-c3ccc(Br)cc3)cc2N1CC)Cc1oc2ccc(-c3ccc(Br)cc3)cc2c1CS(=O)(=O)O.CCC(=Cc1oc2ccc(-c3ccccc3)cc2[n+]1Cc1ccccc1)C=C1Oc2ccc(-c3ccccc3)cc2N1CS(=O)(=O)O.CCN1C(=Cc2oc3ccc(-c4ccccc4)cc3c2CS(=O)(=O)O)Oc2ccc(-c3ccccc3)cc21. The number of oxazole rings is 1. The highest BCUT2D eigenvalue weighted by molar-refractivity contribution is 9.10. The van der Waals surface area contributed by atoms with Crippen LogP contribution in [0.2, 0.25) is 0 Å². The molecule has 3 aliphatic heterocycles. The Hall–Kier alpha value is -13.1. The van der Waals surface area contributed by atoms with Crippen LogP contribution < -0.4 is 33.5 Å². The molecule has 129 heavy (non-hydrogen) atoms. The van der Waals surface area contributed by atoms with E-state index in [0.29, 0.717) is 105 Å². The summed E-state index contributed by atoms with van der Waals surface area (Å²) >= 11 is 6.98. The van der Waals surface area contributed by atoms with Crippen molar-refractivity contribution < 1.29 is 70.9 Å². The number of halogens is 2. The molecule has 0 spiro atoms. The number of aromatic nitrogens is 1. The summed E-state index contributed by atoms with van der Waals surface area (Å²) in [6, 6.07) is 102. The zero-order chi connectivity index (χ0) is 89.7. The molecule has 19 rings (SSSR count). The second kappa shape index (κ2) is 38.0. The molecule has 0 bridgehead atoms. The van der Waals surface area contributed by atoms with E-state index in [9.17, 15) is 38.9 Å². The van der Waals surface area contributed by atoms with Crippen LogP contribution in [0.3, 0.4) is 0 Å². The lowest BCUT2D eigenvalue weighted by Crippen LogP contribution is -2.36. The van der Waals surface area contributed by atoms with Gasteiger partial charge in [0.1, 0.15) is 34.2 Å². The third kappa shape index (κ3) is 20.4. The Balaban J connectivity index is 0.000000137. The van der Waals surface area contributed by atoms with Crippen molar-refractivity contribution in [2.45, 2.75) is 65.0 Å². The number of fused-ring (bicyclic) bond motifs is 6. The second-order valence-electron chi connectivity index (χ2n) is 31.4. The minimum absolute atomic E-state index is 0.00837. The molecule has 6 heterocycles. The molecule has 1 atom stereocenters. The summed E-state index contributed by atoms with van der Waals surface area (Å²) in [6.07, 6.45) is 9.41. The molecule has 24 heteroatoms. The zero-order valence-electron chi connectivity index (χ0n) is 70.7. The monoisotopic (exact) mass is 1900 g/mol. The van der Waals surface area contributed by atoms with E-state index in [1.165, 1.54) is 4.90 Å². The van der Waals surface area contributed by atoms with E-state index < -0.39 is 47.7 Å². The average molecular weight is 1900 g/mol. The lowest BCUT2D eigenvalue weighted by molar-refractivity contribution is -0.669. The number of hydrogen-bond acceptors (Lipinski definition) is 15.